The van der Waals surface area contributed by atoms with E-state index in [4.69, 9.17) is 16.0 Å². The van der Waals surface area contributed by atoms with Crippen LogP contribution in [-0.2, 0) is 10.8 Å². The molecule has 0 N–H and O–H groups in total. The van der Waals surface area contributed by atoms with Crippen molar-refractivity contribution in [2.24, 2.45) is 0 Å². The number of rotatable bonds is 3. The van der Waals surface area contributed by atoms with Gasteiger partial charge < -0.3 is 4.42 Å². The first-order valence-corrected chi connectivity index (χ1v) is 8.16. The van der Waals surface area contributed by atoms with E-state index in [1.165, 1.54) is 12.1 Å². The summed E-state index contributed by atoms with van der Waals surface area (Å²) in [4.78, 5) is 0.613. The van der Waals surface area contributed by atoms with E-state index in [0.29, 0.717) is 32.6 Å². The molecule has 0 amide bonds. The minimum Gasteiger partial charge on any atom is -0.455 e. The molecule has 0 spiro atoms. The molecule has 2 aromatic carbocycles. The van der Waals surface area contributed by atoms with Crippen molar-refractivity contribution in [1.29, 1.82) is 0 Å². The zero-order valence-electron chi connectivity index (χ0n) is 11.2. The molecule has 21 heavy (non-hydrogen) atoms. The fourth-order valence-electron chi connectivity index (χ4n) is 2.21. The van der Waals surface area contributed by atoms with Gasteiger partial charge in [0.25, 0.3) is 0 Å². The first-order chi connectivity index (χ1) is 10.1. The Hall–Kier alpha value is -1.65. The van der Waals surface area contributed by atoms with Crippen LogP contribution in [0.15, 0.2) is 51.8 Å². The van der Waals surface area contributed by atoms with Crippen molar-refractivity contribution in [2.45, 2.75) is 11.8 Å². The number of halogens is 2. The first-order valence-electron chi connectivity index (χ1n) is 6.46. The average Bonchev–Trinajstić information content (AvgIpc) is 2.85. The summed E-state index contributed by atoms with van der Waals surface area (Å²) in [5.74, 6) is 0.651. The van der Waals surface area contributed by atoms with E-state index in [1.54, 1.807) is 30.3 Å². The van der Waals surface area contributed by atoms with E-state index in [1.807, 2.05) is 6.92 Å². The number of hydrogen-bond acceptors (Lipinski definition) is 2. The van der Waals surface area contributed by atoms with Crippen LogP contribution in [0.25, 0.3) is 22.3 Å². The van der Waals surface area contributed by atoms with Gasteiger partial charge in [-0.15, -0.1) is 0 Å². The average molecular weight is 323 g/mol. The standard InChI is InChI=1S/C16H12ClFO2S/c1-2-21(19)16-13-9-11(17)5-8-14(13)20-15(16)10-3-6-12(18)7-4-10/h3-9H,2H2,1H3. The van der Waals surface area contributed by atoms with Gasteiger partial charge in [0.2, 0.25) is 0 Å². The van der Waals surface area contributed by atoms with Gasteiger partial charge in [-0.05, 0) is 42.5 Å². The zero-order valence-corrected chi connectivity index (χ0v) is 12.8. The Morgan fingerprint density at radius 2 is 1.90 bits per heavy atom. The van der Waals surface area contributed by atoms with Crippen molar-refractivity contribution in [1.82, 2.24) is 0 Å². The lowest BCUT2D eigenvalue weighted by Crippen LogP contribution is -1.95. The molecule has 2 nitrogen and oxygen atoms in total. The van der Waals surface area contributed by atoms with Crippen LogP contribution >= 0.6 is 11.6 Å². The quantitative estimate of drug-likeness (QED) is 0.677. The Morgan fingerprint density at radius 3 is 2.57 bits per heavy atom. The summed E-state index contributed by atoms with van der Waals surface area (Å²) in [5, 5.41) is 1.30. The van der Waals surface area contributed by atoms with Crippen LogP contribution in [-0.4, -0.2) is 9.96 Å². The Labute approximate surface area is 129 Å². The Kier molecular flexibility index (Phi) is 3.83. The summed E-state index contributed by atoms with van der Waals surface area (Å²) in [7, 11) is -1.21. The third-order valence-electron chi connectivity index (χ3n) is 3.20. The summed E-state index contributed by atoms with van der Waals surface area (Å²) >= 11 is 6.02. The molecule has 0 bridgehead atoms. The van der Waals surface area contributed by atoms with Gasteiger partial charge in [-0.3, -0.25) is 4.21 Å². The fourth-order valence-corrected chi connectivity index (χ4v) is 3.44. The molecule has 0 aliphatic heterocycles. The Bertz CT molecular complexity index is 824. The number of hydrogen-bond donors (Lipinski definition) is 0. The maximum atomic E-state index is 13.1. The van der Waals surface area contributed by atoms with Crippen molar-refractivity contribution in [2.75, 3.05) is 5.75 Å². The normalized spacial score (nSPS) is 12.7. The van der Waals surface area contributed by atoms with Crippen LogP contribution < -0.4 is 0 Å². The van der Waals surface area contributed by atoms with E-state index in [0.717, 1.165) is 5.39 Å². The molecule has 5 heteroatoms. The molecule has 1 aromatic heterocycles. The zero-order chi connectivity index (χ0) is 15.0. The summed E-state index contributed by atoms with van der Waals surface area (Å²) < 4.78 is 31.3. The lowest BCUT2D eigenvalue weighted by molar-refractivity contribution is 0.618. The maximum Gasteiger partial charge on any atom is 0.151 e. The van der Waals surface area contributed by atoms with Gasteiger partial charge in [0.1, 0.15) is 11.4 Å². The molecule has 108 valence electrons. The highest BCUT2D eigenvalue weighted by molar-refractivity contribution is 7.85. The number of fused-ring (bicyclic) bond motifs is 1. The minimum absolute atomic E-state index is 0.323. The molecule has 1 heterocycles. The van der Waals surface area contributed by atoms with Gasteiger partial charge in [0.05, 0.1) is 15.7 Å². The summed E-state index contributed by atoms with van der Waals surface area (Å²) in [6.45, 7) is 1.84. The smallest absolute Gasteiger partial charge is 0.151 e. The van der Waals surface area contributed by atoms with Crippen LogP contribution in [0.1, 0.15) is 6.92 Å². The predicted octanol–water partition coefficient (Wildman–Crippen LogP) is 5.02. The van der Waals surface area contributed by atoms with E-state index in [2.05, 4.69) is 0 Å². The minimum atomic E-state index is -1.21. The molecule has 0 saturated carbocycles. The predicted molar refractivity (Wildman–Crippen MR) is 83.6 cm³/mol. The van der Waals surface area contributed by atoms with Crippen molar-refractivity contribution < 1.29 is 13.0 Å². The molecule has 0 radical (unpaired) electrons. The van der Waals surface area contributed by atoms with Gasteiger partial charge in [0, 0.05) is 21.7 Å². The van der Waals surface area contributed by atoms with Gasteiger partial charge in [0.15, 0.2) is 5.76 Å². The summed E-state index contributed by atoms with van der Waals surface area (Å²) in [5.41, 5.74) is 1.32. The van der Waals surface area contributed by atoms with Gasteiger partial charge >= 0.3 is 0 Å². The molecular weight excluding hydrogens is 311 g/mol. The third kappa shape index (κ3) is 2.61. The second-order valence-electron chi connectivity index (χ2n) is 4.54. The molecule has 1 atom stereocenters. The molecule has 0 aliphatic carbocycles. The largest absolute Gasteiger partial charge is 0.455 e. The number of furan rings is 1. The van der Waals surface area contributed by atoms with Crippen molar-refractivity contribution >= 4 is 33.4 Å². The highest BCUT2D eigenvalue weighted by Crippen LogP contribution is 2.37. The molecule has 1 unspecified atom stereocenters. The molecular formula is C16H12ClFO2S. The fraction of sp³-hybridized carbons (Fsp3) is 0.125. The van der Waals surface area contributed by atoms with Crippen molar-refractivity contribution in [3.8, 4) is 11.3 Å². The lowest BCUT2D eigenvalue weighted by atomic mass is 10.1. The van der Waals surface area contributed by atoms with Crippen LogP contribution in [0.5, 0.6) is 0 Å². The maximum absolute atomic E-state index is 13.1. The monoisotopic (exact) mass is 322 g/mol. The Morgan fingerprint density at radius 1 is 1.19 bits per heavy atom. The topological polar surface area (TPSA) is 30.2 Å². The molecule has 0 saturated heterocycles. The first kappa shape index (κ1) is 14.3. The SMILES string of the molecule is CCS(=O)c1c(-c2ccc(F)cc2)oc2ccc(Cl)cc12. The Balaban J connectivity index is 2.30. The summed E-state index contributed by atoms with van der Waals surface area (Å²) in [6, 6.07) is 11.2. The van der Waals surface area contributed by atoms with Gasteiger partial charge in [-0.2, -0.15) is 0 Å². The van der Waals surface area contributed by atoms with Gasteiger partial charge in [-0.25, -0.2) is 4.39 Å². The second-order valence-corrected chi connectivity index (χ2v) is 6.65. The highest BCUT2D eigenvalue weighted by atomic mass is 35.5. The molecule has 3 rings (SSSR count). The summed E-state index contributed by atoms with van der Waals surface area (Å²) in [6.07, 6.45) is 0. The van der Waals surface area contributed by atoms with Crippen LogP contribution in [0.3, 0.4) is 0 Å². The van der Waals surface area contributed by atoms with E-state index in [-0.39, 0.29) is 5.82 Å². The second kappa shape index (κ2) is 5.62. The van der Waals surface area contributed by atoms with E-state index in [9.17, 15) is 8.60 Å². The lowest BCUT2D eigenvalue weighted by Gasteiger charge is -2.02. The number of benzene rings is 2. The molecule has 3 aromatic rings. The van der Waals surface area contributed by atoms with Crippen LogP contribution in [0.4, 0.5) is 4.39 Å². The van der Waals surface area contributed by atoms with Crippen molar-refractivity contribution in [3.05, 3.63) is 53.3 Å². The van der Waals surface area contributed by atoms with E-state index >= 15 is 0 Å². The molecule has 0 aliphatic rings. The van der Waals surface area contributed by atoms with E-state index < -0.39 is 10.8 Å². The van der Waals surface area contributed by atoms with Crippen LogP contribution in [0.2, 0.25) is 5.02 Å². The molecule has 0 fully saturated rings. The highest BCUT2D eigenvalue weighted by Gasteiger charge is 2.20. The third-order valence-corrected chi connectivity index (χ3v) is 4.82. The van der Waals surface area contributed by atoms with Crippen LogP contribution in [0, 0.1) is 5.82 Å². The van der Waals surface area contributed by atoms with Crippen molar-refractivity contribution in [3.63, 3.8) is 0 Å². The van der Waals surface area contributed by atoms with Gasteiger partial charge in [-0.1, -0.05) is 18.5 Å².